The highest BCUT2D eigenvalue weighted by atomic mass is 16.5. The van der Waals surface area contributed by atoms with E-state index in [9.17, 15) is 14.4 Å². The van der Waals surface area contributed by atoms with Crippen LogP contribution in [0.15, 0.2) is 48.5 Å². The Labute approximate surface area is 175 Å². The smallest absolute Gasteiger partial charge is 0.325 e. The number of anilines is 1. The van der Waals surface area contributed by atoms with E-state index in [-0.39, 0.29) is 5.91 Å². The van der Waals surface area contributed by atoms with Crippen molar-refractivity contribution in [1.29, 1.82) is 0 Å². The van der Waals surface area contributed by atoms with E-state index >= 15 is 0 Å². The van der Waals surface area contributed by atoms with Gasteiger partial charge in [-0.05, 0) is 63.1 Å². The minimum atomic E-state index is -0.902. The third kappa shape index (κ3) is 3.75. The summed E-state index contributed by atoms with van der Waals surface area (Å²) in [4.78, 5) is 38.9. The van der Waals surface area contributed by atoms with E-state index in [2.05, 4.69) is 10.6 Å². The second-order valence-electron chi connectivity index (χ2n) is 8.00. The minimum Gasteiger partial charge on any atom is -0.457 e. The van der Waals surface area contributed by atoms with E-state index in [1.165, 1.54) is 0 Å². The molecular weight excluding hydrogens is 382 g/mol. The summed E-state index contributed by atoms with van der Waals surface area (Å²) < 4.78 is 5.79. The van der Waals surface area contributed by atoms with Crippen LogP contribution >= 0.6 is 0 Å². The highest BCUT2D eigenvalue weighted by Crippen LogP contribution is 2.36. The lowest BCUT2D eigenvalue weighted by atomic mass is 9.97. The molecule has 7 heteroatoms. The Morgan fingerprint density at radius 1 is 1.03 bits per heavy atom. The van der Waals surface area contributed by atoms with Crippen LogP contribution in [-0.2, 0) is 9.59 Å². The topological polar surface area (TPSA) is 87.7 Å². The number of rotatable bonds is 5. The highest BCUT2D eigenvalue weighted by Gasteiger charge is 2.54. The molecule has 1 spiro atoms. The molecule has 2 fully saturated rings. The Morgan fingerprint density at radius 3 is 2.20 bits per heavy atom. The van der Waals surface area contributed by atoms with Gasteiger partial charge in [0.25, 0.3) is 5.91 Å². The molecule has 2 N–H and O–H groups in total. The van der Waals surface area contributed by atoms with E-state index in [4.69, 9.17) is 4.74 Å². The molecule has 1 saturated carbocycles. The first-order chi connectivity index (χ1) is 14.4. The van der Waals surface area contributed by atoms with Crippen LogP contribution in [0.2, 0.25) is 0 Å². The first kappa shape index (κ1) is 19.9. The maximum atomic E-state index is 12.8. The second-order valence-corrected chi connectivity index (χ2v) is 8.00. The average Bonchev–Trinajstić information content (AvgIpc) is 3.29. The van der Waals surface area contributed by atoms with Gasteiger partial charge in [0.2, 0.25) is 5.91 Å². The summed E-state index contributed by atoms with van der Waals surface area (Å²) in [6.45, 7) is 3.57. The highest BCUT2D eigenvalue weighted by molar-refractivity contribution is 6.11. The SMILES string of the molecule is Cc1ccc(Oc2ccc(NC(=O)C(C)N3C(=O)NC4(CCCC4)C3=O)cc2)cc1. The molecule has 7 nitrogen and oxygen atoms in total. The molecule has 0 aromatic heterocycles. The van der Waals surface area contributed by atoms with E-state index in [1.807, 2.05) is 31.2 Å². The molecule has 0 radical (unpaired) electrons. The summed E-state index contributed by atoms with van der Waals surface area (Å²) in [6.07, 6.45) is 3.06. The fourth-order valence-electron chi connectivity index (χ4n) is 4.02. The quantitative estimate of drug-likeness (QED) is 0.734. The largest absolute Gasteiger partial charge is 0.457 e. The van der Waals surface area contributed by atoms with Gasteiger partial charge < -0.3 is 15.4 Å². The number of aryl methyl sites for hydroxylation is 1. The maximum absolute atomic E-state index is 12.8. The molecule has 1 aliphatic heterocycles. The van der Waals surface area contributed by atoms with E-state index < -0.39 is 23.5 Å². The molecule has 1 saturated heterocycles. The monoisotopic (exact) mass is 407 g/mol. The van der Waals surface area contributed by atoms with Gasteiger partial charge in [0.05, 0.1) is 0 Å². The fraction of sp³-hybridized carbons (Fsp3) is 0.348. The third-order valence-electron chi connectivity index (χ3n) is 5.80. The van der Waals surface area contributed by atoms with Gasteiger partial charge in [0.15, 0.2) is 0 Å². The Morgan fingerprint density at radius 2 is 1.60 bits per heavy atom. The van der Waals surface area contributed by atoms with Gasteiger partial charge in [-0.15, -0.1) is 0 Å². The zero-order valence-electron chi connectivity index (χ0n) is 17.1. The molecule has 2 aromatic rings. The van der Waals surface area contributed by atoms with E-state index in [0.29, 0.717) is 24.3 Å². The van der Waals surface area contributed by atoms with Crippen molar-refractivity contribution in [1.82, 2.24) is 10.2 Å². The molecule has 4 rings (SSSR count). The molecule has 4 amide bonds. The van der Waals surface area contributed by atoms with E-state index in [1.54, 1.807) is 31.2 Å². The molecule has 156 valence electrons. The molecular formula is C23H25N3O4. The van der Waals surface area contributed by atoms with Gasteiger partial charge in [-0.2, -0.15) is 0 Å². The number of carbonyl (C=O) groups is 3. The number of ether oxygens (including phenoxy) is 1. The van der Waals surface area contributed by atoms with Crippen molar-refractivity contribution >= 4 is 23.5 Å². The van der Waals surface area contributed by atoms with Crippen molar-refractivity contribution < 1.29 is 19.1 Å². The Hall–Kier alpha value is -3.35. The summed E-state index contributed by atoms with van der Waals surface area (Å²) in [6, 6.07) is 13.3. The van der Waals surface area contributed by atoms with Crippen molar-refractivity contribution in [3.63, 3.8) is 0 Å². The van der Waals surface area contributed by atoms with Crippen LogP contribution in [0.1, 0.15) is 38.2 Å². The summed E-state index contributed by atoms with van der Waals surface area (Å²) in [5.74, 6) is 0.655. The van der Waals surface area contributed by atoms with Crippen molar-refractivity contribution in [2.75, 3.05) is 5.32 Å². The van der Waals surface area contributed by atoms with Crippen molar-refractivity contribution in [3.05, 3.63) is 54.1 Å². The zero-order valence-corrected chi connectivity index (χ0v) is 17.1. The molecule has 2 aromatic carbocycles. The maximum Gasteiger partial charge on any atom is 0.325 e. The van der Waals surface area contributed by atoms with Gasteiger partial charge >= 0.3 is 6.03 Å². The van der Waals surface area contributed by atoms with Crippen LogP contribution in [0.3, 0.4) is 0 Å². The molecule has 1 aliphatic carbocycles. The standard InChI is InChI=1S/C23H25N3O4/c1-15-5-9-18(10-6-15)30-19-11-7-17(8-12-19)24-20(27)16(2)26-21(28)23(25-22(26)29)13-3-4-14-23/h5-12,16H,3-4,13-14H2,1-2H3,(H,24,27)(H,25,29). The minimum absolute atomic E-state index is 0.297. The lowest BCUT2D eigenvalue weighted by Crippen LogP contribution is -2.48. The third-order valence-corrected chi connectivity index (χ3v) is 5.80. The van der Waals surface area contributed by atoms with E-state index in [0.717, 1.165) is 29.1 Å². The summed E-state index contributed by atoms with van der Waals surface area (Å²) in [5, 5.41) is 5.57. The van der Waals surface area contributed by atoms with Gasteiger partial charge in [-0.25, -0.2) is 9.69 Å². The van der Waals surface area contributed by atoms with Crippen LogP contribution in [0.25, 0.3) is 0 Å². The van der Waals surface area contributed by atoms with Gasteiger partial charge in [-0.1, -0.05) is 30.5 Å². The van der Waals surface area contributed by atoms with Gasteiger partial charge in [0, 0.05) is 5.69 Å². The molecule has 2 aliphatic rings. The Balaban J connectivity index is 1.39. The number of imide groups is 1. The molecule has 1 heterocycles. The number of amides is 4. The van der Waals surface area contributed by atoms with Crippen molar-refractivity contribution in [2.45, 2.75) is 51.1 Å². The van der Waals surface area contributed by atoms with Crippen LogP contribution in [0.4, 0.5) is 10.5 Å². The van der Waals surface area contributed by atoms with Crippen molar-refractivity contribution in [3.8, 4) is 11.5 Å². The predicted molar refractivity (Wildman–Crippen MR) is 112 cm³/mol. The Kier molecular flexibility index (Phi) is 5.20. The molecule has 1 atom stereocenters. The second kappa shape index (κ2) is 7.82. The van der Waals surface area contributed by atoms with Crippen LogP contribution < -0.4 is 15.4 Å². The fourth-order valence-corrected chi connectivity index (χ4v) is 4.02. The average molecular weight is 407 g/mol. The zero-order chi connectivity index (χ0) is 21.3. The van der Waals surface area contributed by atoms with Gasteiger partial charge in [0.1, 0.15) is 23.1 Å². The summed E-state index contributed by atoms with van der Waals surface area (Å²) >= 11 is 0. The van der Waals surface area contributed by atoms with Crippen LogP contribution in [0.5, 0.6) is 11.5 Å². The van der Waals surface area contributed by atoms with Crippen molar-refractivity contribution in [2.24, 2.45) is 0 Å². The number of hydrogen-bond donors (Lipinski definition) is 2. The lowest BCUT2D eigenvalue weighted by molar-refractivity contribution is -0.136. The summed E-state index contributed by atoms with van der Waals surface area (Å²) in [7, 11) is 0. The number of benzene rings is 2. The molecule has 30 heavy (non-hydrogen) atoms. The lowest BCUT2D eigenvalue weighted by Gasteiger charge is -2.23. The number of urea groups is 1. The van der Waals surface area contributed by atoms with Gasteiger partial charge in [-0.3, -0.25) is 9.59 Å². The normalized spacial score (nSPS) is 18.4. The number of hydrogen-bond acceptors (Lipinski definition) is 4. The first-order valence-electron chi connectivity index (χ1n) is 10.2. The first-order valence-corrected chi connectivity index (χ1v) is 10.2. The van der Waals surface area contributed by atoms with Crippen LogP contribution in [-0.4, -0.2) is 34.3 Å². The number of nitrogens with one attached hydrogen (secondary N) is 2. The van der Waals surface area contributed by atoms with Crippen LogP contribution in [0, 0.1) is 6.92 Å². The number of nitrogens with zero attached hydrogens (tertiary/aromatic N) is 1. The number of carbonyl (C=O) groups excluding carboxylic acids is 3. The Bertz CT molecular complexity index is 963. The predicted octanol–water partition coefficient (Wildman–Crippen LogP) is 3.98. The molecule has 0 bridgehead atoms. The summed E-state index contributed by atoms with van der Waals surface area (Å²) in [5.41, 5.74) is 0.893. The molecule has 1 unspecified atom stereocenters.